The summed E-state index contributed by atoms with van der Waals surface area (Å²) in [5, 5.41) is 3.32. The van der Waals surface area contributed by atoms with E-state index in [4.69, 9.17) is 4.74 Å². The molecule has 2 rings (SSSR count). The van der Waals surface area contributed by atoms with Crippen molar-refractivity contribution in [3.8, 4) is 5.75 Å². The summed E-state index contributed by atoms with van der Waals surface area (Å²) in [4.78, 5) is 14.1. The molecule has 1 aliphatic rings. The van der Waals surface area contributed by atoms with Crippen molar-refractivity contribution in [2.45, 2.75) is 30.6 Å². The number of sulfone groups is 1. The first-order chi connectivity index (χ1) is 11.9. The van der Waals surface area contributed by atoms with E-state index in [2.05, 4.69) is 5.32 Å². The molecule has 26 heavy (non-hydrogen) atoms. The number of hydrogen-bond acceptors (Lipinski definition) is 5. The number of rotatable bonds is 9. The average molecular weight is 405 g/mol. The predicted octanol–water partition coefficient (Wildman–Crippen LogP) is 2.13. The maximum atomic E-state index is 12.1. The summed E-state index contributed by atoms with van der Waals surface area (Å²) in [6.45, 7) is 3.16. The molecule has 1 unspecified atom stereocenters. The molecule has 0 saturated carbocycles. The molecule has 0 spiro atoms. The highest BCUT2D eigenvalue weighted by molar-refractivity contribution is 7.90. The van der Waals surface area contributed by atoms with Crippen molar-refractivity contribution in [2.75, 3.05) is 39.5 Å². The highest BCUT2D eigenvalue weighted by Gasteiger charge is 2.17. The van der Waals surface area contributed by atoms with E-state index in [0.717, 1.165) is 25.9 Å². The number of carbonyl (C=O) groups is 1. The molecule has 8 heteroatoms. The summed E-state index contributed by atoms with van der Waals surface area (Å²) in [7, 11) is -1.41. The largest absolute Gasteiger partial charge is 0.493 e. The standard InChI is InChI=1S/C18H28N2O4S.ClH/c1-20(18(21)8-7-15-9-10-19-14-15)11-4-12-24-16-5-3-6-17(13-16)25(2,22)23;/h3,5-6,13,15,19H,4,7-12,14H2,1-2H3;1H. The number of ether oxygens (including phenoxy) is 1. The monoisotopic (exact) mass is 404 g/mol. The molecule has 1 N–H and O–H groups in total. The fraction of sp³-hybridized carbons (Fsp3) is 0.611. The third-order valence-electron chi connectivity index (χ3n) is 4.49. The van der Waals surface area contributed by atoms with E-state index < -0.39 is 9.84 Å². The number of halogens is 1. The minimum absolute atomic E-state index is 0. The number of hydrogen-bond donors (Lipinski definition) is 1. The molecule has 0 aliphatic carbocycles. The van der Waals surface area contributed by atoms with Crippen LogP contribution in [-0.2, 0) is 14.6 Å². The maximum Gasteiger partial charge on any atom is 0.222 e. The molecule has 1 aromatic carbocycles. The van der Waals surface area contributed by atoms with Gasteiger partial charge in [0.15, 0.2) is 9.84 Å². The molecule has 1 amide bonds. The molecule has 1 saturated heterocycles. The topological polar surface area (TPSA) is 75.7 Å². The van der Waals surface area contributed by atoms with Crippen LogP contribution in [0.3, 0.4) is 0 Å². The van der Waals surface area contributed by atoms with Gasteiger partial charge in [0, 0.05) is 26.3 Å². The molecule has 148 valence electrons. The predicted molar refractivity (Wildman–Crippen MR) is 105 cm³/mol. The number of carbonyl (C=O) groups excluding carboxylic acids is 1. The molecule has 0 radical (unpaired) electrons. The molecule has 1 aromatic rings. The first-order valence-electron chi connectivity index (χ1n) is 8.74. The van der Waals surface area contributed by atoms with Crippen LogP contribution in [0.1, 0.15) is 25.7 Å². The zero-order chi connectivity index (χ0) is 18.3. The molecular formula is C18H29ClN2O4S. The van der Waals surface area contributed by atoms with Crippen molar-refractivity contribution < 1.29 is 17.9 Å². The van der Waals surface area contributed by atoms with Gasteiger partial charge < -0.3 is 15.0 Å². The lowest BCUT2D eigenvalue weighted by molar-refractivity contribution is -0.130. The van der Waals surface area contributed by atoms with Crippen LogP contribution in [0.15, 0.2) is 29.2 Å². The Morgan fingerprint density at radius 1 is 1.38 bits per heavy atom. The van der Waals surface area contributed by atoms with E-state index in [1.54, 1.807) is 23.1 Å². The molecular weight excluding hydrogens is 376 g/mol. The van der Waals surface area contributed by atoms with Gasteiger partial charge in [0.05, 0.1) is 11.5 Å². The van der Waals surface area contributed by atoms with Crippen LogP contribution in [0.25, 0.3) is 0 Å². The number of nitrogens with zero attached hydrogens (tertiary/aromatic N) is 1. The molecule has 0 aromatic heterocycles. The van der Waals surface area contributed by atoms with Crippen LogP contribution >= 0.6 is 12.4 Å². The van der Waals surface area contributed by atoms with Crippen LogP contribution in [0.4, 0.5) is 0 Å². The van der Waals surface area contributed by atoms with Gasteiger partial charge in [-0.15, -0.1) is 12.4 Å². The smallest absolute Gasteiger partial charge is 0.222 e. The Labute approximate surface area is 162 Å². The van der Waals surface area contributed by atoms with E-state index in [9.17, 15) is 13.2 Å². The highest BCUT2D eigenvalue weighted by atomic mass is 35.5. The lowest BCUT2D eigenvalue weighted by Crippen LogP contribution is -2.29. The molecule has 0 bridgehead atoms. The second kappa shape index (κ2) is 10.7. The number of amides is 1. The third-order valence-corrected chi connectivity index (χ3v) is 5.61. The van der Waals surface area contributed by atoms with Gasteiger partial charge >= 0.3 is 0 Å². The van der Waals surface area contributed by atoms with Gasteiger partial charge in [0.2, 0.25) is 5.91 Å². The Balaban J connectivity index is 0.00000338. The van der Waals surface area contributed by atoms with Crippen LogP contribution in [0.2, 0.25) is 0 Å². The van der Waals surface area contributed by atoms with Gasteiger partial charge in [-0.2, -0.15) is 0 Å². The molecule has 1 aliphatic heterocycles. The van der Waals surface area contributed by atoms with Crippen molar-refractivity contribution in [1.29, 1.82) is 0 Å². The van der Waals surface area contributed by atoms with Gasteiger partial charge in [0.25, 0.3) is 0 Å². The van der Waals surface area contributed by atoms with Crippen molar-refractivity contribution in [3.05, 3.63) is 24.3 Å². The first kappa shape index (κ1) is 22.7. The van der Waals surface area contributed by atoms with Crippen molar-refractivity contribution in [3.63, 3.8) is 0 Å². The summed E-state index contributed by atoms with van der Waals surface area (Å²) in [6.07, 6.45) is 4.59. The van der Waals surface area contributed by atoms with Gasteiger partial charge in [0.1, 0.15) is 5.75 Å². The highest BCUT2D eigenvalue weighted by Crippen LogP contribution is 2.18. The summed E-state index contributed by atoms with van der Waals surface area (Å²) >= 11 is 0. The third kappa shape index (κ3) is 7.51. The van der Waals surface area contributed by atoms with Crippen molar-refractivity contribution in [1.82, 2.24) is 10.2 Å². The van der Waals surface area contributed by atoms with E-state index in [1.807, 2.05) is 7.05 Å². The van der Waals surface area contributed by atoms with E-state index in [0.29, 0.717) is 37.7 Å². The van der Waals surface area contributed by atoms with Gasteiger partial charge in [-0.3, -0.25) is 4.79 Å². The average Bonchev–Trinajstić information content (AvgIpc) is 3.09. The number of benzene rings is 1. The van der Waals surface area contributed by atoms with Crippen LogP contribution < -0.4 is 10.1 Å². The van der Waals surface area contributed by atoms with Crippen molar-refractivity contribution >= 4 is 28.2 Å². The summed E-state index contributed by atoms with van der Waals surface area (Å²) in [5.74, 6) is 1.33. The molecule has 1 heterocycles. The Morgan fingerprint density at radius 3 is 2.81 bits per heavy atom. The SMILES string of the molecule is CN(CCCOc1cccc(S(C)(=O)=O)c1)C(=O)CCC1CCNC1.Cl. The Morgan fingerprint density at radius 2 is 2.15 bits per heavy atom. The fourth-order valence-electron chi connectivity index (χ4n) is 2.89. The lowest BCUT2D eigenvalue weighted by Gasteiger charge is -2.18. The summed E-state index contributed by atoms with van der Waals surface area (Å²) < 4.78 is 28.7. The van der Waals surface area contributed by atoms with Gasteiger partial charge in [-0.1, -0.05) is 6.07 Å². The zero-order valence-electron chi connectivity index (χ0n) is 15.4. The zero-order valence-corrected chi connectivity index (χ0v) is 17.1. The normalized spacial score (nSPS) is 16.8. The Hall–Kier alpha value is -1.31. The number of nitrogens with one attached hydrogen (secondary N) is 1. The van der Waals surface area contributed by atoms with E-state index >= 15 is 0 Å². The van der Waals surface area contributed by atoms with Crippen LogP contribution in [0.5, 0.6) is 5.75 Å². The second-order valence-corrected chi connectivity index (χ2v) is 8.68. The Bertz CT molecular complexity index is 676. The fourth-order valence-corrected chi connectivity index (χ4v) is 3.55. The minimum Gasteiger partial charge on any atom is -0.493 e. The maximum absolute atomic E-state index is 12.1. The van der Waals surface area contributed by atoms with Crippen molar-refractivity contribution in [2.24, 2.45) is 5.92 Å². The van der Waals surface area contributed by atoms with Crippen LogP contribution in [0, 0.1) is 5.92 Å². The quantitative estimate of drug-likeness (QED) is 0.638. The lowest BCUT2D eigenvalue weighted by atomic mass is 10.0. The first-order valence-corrected chi connectivity index (χ1v) is 10.6. The molecule has 6 nitrogen and oxygen atoms in total. The van der Waals surface area contributed by atoms with Gasteiger partial charge in [-0.25, -0.2) is 8.42 Å². The molecule has 1 fully saturated rings. The molecule has 1 atom stereocenters. The Kier molecular flexibility index (Phi) is 9.39. The summed E-state index contributed by atoms with van der Waals surface area (Å²) in [5.41, 5.74) is 0. The van der Waals surface area contributed by atoms with Gasteiger partial charge in [-0.05, 0) is 56.5 Å². The second-order valence-electron chi connectivity index (χ2n) is 6.66. The minimum atomic E-state index is -3.23. The van der Waals surface area contributed by atoms with E-state index in [-0.39, 0.29) is 23.2 Å². The van der Waals surface area contributed by atoms with Crippen LogP contribution in [-0.4, -0.2) is 58.8 Å². The summed E-state index contributed by atoms with van der Waals surface area (Å²) in [6, 6.07) is 6.48. The van der Waals surface area contributed by atoms with E-state index in [1.165, 1.54) is 12.3 Å².